The molecule has 0 aromatic rings. The van der Waals surface area contributed by atoms with Crippen molar-refractivity contribution in [1.82, 2.24) is 10.2 Å². The van der Waals surface area contributed by atoms with E-state index in [4.69, 9.17) is 15.6 Å². The van der Waals surface area contributed by atoms with Crippen LogP contribution in [-0.2, 0) is 23.9 Å². The molecule has 6 N–H and O–H groups in total. The maximum absolute atomic E-state index is 12.6. The highest BCUT2D eigenvalue weighted by atomic mass is 32.2. The number of nitrogens with zero attached hydrogens (tertiary/aromatic N) is 1. The molecule has 3 atom stereocenters. The van der Waals surface area contributed by atoms with Crippen molar-refractivity contribution in [3.05, 3.63) is 11.3 Å². The fourth-order valence-corrected chi connectivity index (χ4v) is 4.37. The number of amides is 2. The molecular weight excluding hydrogens is 382 g/mol. The fraction of sp³-hybridized carbons (Fsp3) is 0.600. The van der Waals surface area contributed by atoms with Crippen molar-refractivity contribution in [3.63, 3.8) is 0 Å². The van der Waals surface area contributed by atoms with E-state index in [-0.39, 0.29) is 36.3 Å². The molecule has 2 rings (SSSR count). The quantitative estimate of drug-likeness (QED) is 0.219. The second-order valence-electron chi connectivity index (χ2n) is 6.08. The third-order valence-electron chi connectivity index (χ3n) is 4.39. The van der Waals surface area contributed by atoms with Crippen LogP contribution in [0.1, 0.15) is 19.3 Å². The molecule has 0 radical (unpaired) electrons. The number of ether oxygens (including phenoxy) is 1. The number of aliphatic hydroxyl groups is 1. The summed E-state index contributed by atoms with van der Waals surface area (Å²) in [5.74, 6) is -3.64. The number of nitrogens with two attached hydrogens (primary N) is 1. The van der Waals surface area contributed by atoms with Crippen molar-refractivity contribution in [2.75, 3.05) is 19.5 Å². The number of hydrogen-bond donors (Lipinski definition) is 5. The van der Waals surface area contributed by atoms with E-state index in [1.807, 2.05) is 0 Å². The number of methoxy groups -OCH3 is 1. The first-order valence-corrected chi connectivity index (χ1v) is 9.10. The van der Waals surface area contributed by atoms with Crippen LogP contribution < -0.4 is 11.1 Å². The van der Waals surface area contributed by atoms with Gasteiger partial charge in [0.15, 0.2) is 0 Å². The first kappa shape index (κ1) is 21.2. The number of carbonyl (C=O) groups excluding carboxylic acids is 2. The number of hydrogen-bond acceptors (Lipinski definition) is 8. The lowest BCUT2D eigenvalue weighted by Crippen LogP contribution is -2.80. The molecule has 12 heteroatoms. The maximum atomic E-state index is 12.6. The van der Waals surface area contributed by atoms with Gasteiger partial charge in [-0.25, -0.2) is 4.79 Å². The molecule has 0 aliphatic carbocycles. The molecule has 0 aromatic heterocycles. The molecule has 0 saturated carbocycles. The minimum Gasteiger partial charge on any atom is -0.480 e. The Bertz CT molecular complexity index is 697. The summed E-state index contributed by atoms with van der Waals surface area (Å²) in [6, 6.07) is -1.08. The van der Waals surface area contributed by atoms with Gasteiger partial charge < -0.3 is 31.1 Å². The maximum Gasteiger partial charge on any atom is 0.352 e. The highest BCUT2D eigenvalue weighted by Crippen LogP contribution is 2.46. The summed E-state index contributed by atoms with van der Waals surface area (Å²) in [7, 11) is 1.22. The van der Waals surface area contributed by atoms with Crippen molar-refractivity contribution in [1.29, 1.82) is 0 Å². The topological polar surface area (TPSA) is 179 Å². The number of fused-ring (bicyclic) bond motifs is 1. The van der Waals surface area contributed by atoms with Crippen LogP contribution in [0.3, 0.4) is 0 Å². The Morgan fingerprint density at radius 1 is 1.44 bits per heavy atom. The third-order valence-corrected chi connectivity index (χ3v) is 5.76. The Labute approximate surface area is 158 Å². The number of β-lactam (4-membered cyclic amide) rings is 1. The summed E-state index contributed by atoms with van der Waals surface area (Å²) in [5, 5.41) is 29.1. The highest BCUT2D eigenvalue weighted by Gasteiger charge is 2.66. The number of nitrogens with one attached hydrogen (secondary N) is 1. The van der Waals surface area contributed by atoms with Gasteiger partial charge in [-0.3, -0.25) is 19.3 Å². The van der Waals surface area contributed by atoms with E-state index in [1.165, 1.54) is 7.11 Å². The van der Waals surface area contributed by atoms with E-state index in [2.05, 4.69) is 5.32 Å². The Hall–Kier alpha value is -2.15. The molecule has 27 heavy (non-hydrogen) atoms. The lowest BCUT2D eigenvalue weighted by atomic mass is 9.97. The zero-order valence-corrected chi connectivity index (χ0v) is 15.3. The first-order valence-electron chi connectivity index (χ1n) is 8.05. The summed E-state index contributed by atoms with van der Waals surface area (Å²) >= 11 is 1.16. The third kappa shape index (κ3) is 3.78. The Balaban J connectivity index is 2.08. The van der Waals surface area contributed by atoms with Crippen LogP contribution in [0.2, 0.25) is 0 Å². The fourth-order valence-electron chi connectivity index (χ4n) is 2.94. The van der Waals surface area contributed by atoms with Crippen LogP contribution in [0.5, 0.6) is 0 Å². The van der Waals surface area contributed by atoms with Crippen molar-refractivity contribution in [3.8, 4) is 0 Å². The van der Waals surface area contributed by atoms with Gasteiger partial charge >= 0.3 is 11.9 Å². The molecule has 1 fully saturated rings. The molecule has 0 aromatic carbocycles. The molecule has 150 valence electrons. The Morgan fingerprint density at radius 2 is 2.11 bits per heavy atom. The second-order valence-corrected chi connectivity index (χ2v) is 7.15. The summed E-state index contributed by atoms with van der Waals surface area (Å²) in [6.07, 6.45) is 0.219. The summed E-state index contributed by atoms with van der Waals surface area (Å²) in [6.45, 7) is -0.499. The summed E-state index contributed by atoms with van der Waals surface area (Å²) in [4.78, 5) is 48.0. The average Bonchev–Trinajstić information content (AvgIpc) is 2.63. The van der Waals surface area contributed by atoms with Crippen molar-refractivity contribution >= 4 is 35.5 Å². The summed E-state index contributed by atoms with van der Waals surface area (Å²) in [5.41, 5.74) is 3.56. The van der Waals surface area contributed by atoms with Crippen LogP contribution in [0.15, 0.2) is 11.3 Å². The standard InChI is InChI=1S/C15H21N3O8S/c1-26-15(17-9(20)4-2-3-8(16)11(21)22)13(25)18-10(12(23)24)7(5-19)6-27-14(15)18/h8,14,19H,2-6,16H2,1H3,(H,17,20)(H,21,22)(H,23,24)/t8?,14-,15?/m0/s1. The van der Waals surface area contributed by atoms with E-state index in [1.54, 1.807) is 0 Å². The van der Waals surface area contributed by atoms with Gasteiger partial charge in [0.2, 0.25) is 5.91 Å². The number of carboxylic acids is 2. The average molecular weight is 403 g/mol. The van der Waals surface area contributed by atoms with Crippen molar-refractivity contribution < 1.29 is 39.2 Å². The van der Waals surface area contributed by atoms with Crippen LogP contribution in [0, 0.1) is 0 Å². The van der Waals surface area contributed by atoms with E-state index < -0.39 is 47.5 Å². The van der Waals surface area contributed by atoms with Crippen molar-refractivity contribution in [2.45, 2.75) is 36.4 Å². The van der Waals surface area contributed by atoms with E-state index in [0.29, 0.717) is 0 Å². The molecule has 2 aliphatic heterocycles. The van der Waals surface area contributed by atoms with E-state index in [0.717, 1.165) is 16.7 Å². The van der Waals surface area contributed by atoms with Gasteiger partial charge in [0.1, 0.15) is 17.1 Å². The van der Waals surface area contributed by atoms with Gasteiger partial charge in [0.25, 0.3) is 11.6 Å². The molecule has 2 heterocycles. The Morgan fingerprint density at radius 3 is 2.63 bits per heavy atom. The molecular formula is C15H21N3O8S. The lowest BCUT2D eigenvalue weighted by Gasteiger charge is -2.55. The number of carboxylic acid groups (broad SMARTS) is 2. The number of aliphatic hydroxyl groups excluding tert-OH is 1. The minimum absolute atomic E-state index is 0.0692. The largest absolute Gasteiger partial charge is 0.480 e. The molecule has 0 spiro atoms. The van der Waals surface area contributed by atoms with Gasteiger partial charge in [-0.1, -0.05) is 0 Å². The molecule has 2 aliphatic rings. The first-order chi connectivity index (χ1) is 12.7. The van der Waals surface area contributed by atoms with E-state index >= 15 is 0 Å². The zero-order chi connectivity index (χ0) is 20.4. The molecule has 0 bridgehead atoms. The van der Waals surface area contributed by atoms with Gasteiger partial charge in [0.05, 0.1) is 6.61 Å². The zero-order valence-electron chi connectivity index (χ0n) is 14.5. The summed E-state index contributed by atoms with van der Waals surface area (Å²) < 4.78 is 5.25. The molecule has 2 amide bonds. The van der Waals surface area contributed by atoms with Crippen LogP contribution >= 0.6 is 11.8 Å². The van der Waals surface area contributed by atoms with Gasteiger partial charge in [-0.15, -0.1) is 11.8 Å². The van der Waals surface area contributed by atoms with Gasteiger partial charge in [-0.2, -0.15) is 0 Å². The monoisotopic (exact) mass is 403 g/mol. The van der Waals surface area contributed by atoms with Crippen LogP contribution in [0.4, 0.5) is 0 Å². The van der Waals surface area contributed by atoms with Gasteiger partial charge in [0, 0.05) is 19.3 Å². The molecule has 2 unspecified atom stereocenters. The number of thioether (sulfide) groups is 1. The molecule has 1 saturated heterocycles. The SMILES string of the molecule is COC1(NC(=O)CCCC(N)C(=O)O)C(=O)N2C(C(=O)O)=C(CO)CS[C@H]21. The van der Waals surface area contributed by atoms with E-state index in [9.17, 15) is 29.4 Å². The number of carbonyl (C=O) groups is 4. The molecule has 11 nitrogen and oxygen atoms in total. The van der Waals surface area contributed by atoms with Gasteiger partial charge in [-0.05, 0) is 18.4 Å². The highest BCUT2D eigenvalue weighted by molar-refractivity contribution is 8.00. The number of rotatable bonds is 9. The second kappa shape index (κ2) is 8.25. The van der Waals surface area contributed by atoms with Crippen LogP contribution in [0.25, 0.3) is 0 Å². The van der Waals surface area contributed by atoms with Crippen LogP contribution in [-0.4, -0.2) is 80.6 Å². The Kier molecular flexibility index (Phi) is 6.46. The smallest absolute Gasteiger partial charge is 0.352 e. The normalized spacial score (nSPS) is 25.5. The number of aliphatic carboxylic acids is 2. The predicted molar refractivity (Wildman–Crippen MR) is 92.2 cm³/mol. The van der Waals surface area contributed by atoms with Crippen molar-refractivity contribution in [2.24, 2.45) is 5.73 Å². The minimum atomic E-state index is -1.71. The predicted octanol–water partition coefficient (Wildman–Crippen LogP) is -1.73. The lowest BCUT2D eigenvalue weighted by molar-refractivity contribution is -0.192.